The van der Waals surface area contributed by atoms with Crippen LogP contribution in [0.25, 0.3) is 10.8 Å². The maximum atomic E-state index is 10.5. The molecular weight excluding hydrogens is 346 g/mol. The number of fused-ring (bicyclic) bond motifs is 1. The third-order valence-electron chi connectivity index (χ3n) is 2.95. The van der Waals surface area contributed by atoms with Crippen LogP contribution in [0.15, 0.2) is 47.2 Å². The number of aromatic nitrogens is 1. The summed E-state index contributed by atoms with van der Waals surface area (Å²) < 4.78 is 1.46. The van der Waals surface area contributed by atoms with Crippen molar-refractivity contribution in [2.24, 2.45) is 0 Å². The van der Waals surface area contributed by atoms with Crippen molar-refractivity contribution in [2.45, 2.75) is 6.10 Å². The van der Waals surface area contributed by atoms with Crippen molar-refractivity contribution in [3.8, 4) is 0 Å². The predicted molar refractivity (Wildman–Crippen MR) is 82.8 cm³/mol. The van der Waals surface area contributed by atoms with Crippen LogP contribution in [0.3, 0.4) is 0 Å². The van der Waals surface area contributed by atoms with Crippen molar-refractivity contribution in [2.75, 3.05) is 0 Å². The molecule has 0 saturated heterocycles. The van der Waals surface area contributed by atoms with E-state index in [1.54, 1.807) is 12.4 Å². The SMILES string of the molecule is OC(c1cc(Br)c(Cl)s1)c1cccc2ccncc12. The summed E-state index contributed by atoms with van der Waals surface area (Å²) in [6.07, 6.45) is 2.83. The second-order valence-corrected chi connectivity index (χ2v) is 6.66. The van der Waals surface area contributed by atoms with Crippen molar-refractivity contribution < 1.29 is 5.11 Å². The molecular formula is C14H9BrClNOS. The van der Waals surface area contributed by atoms with E-state index in [1.165, 1.54) is 11.3 Å². The van der Waals surface area contributed by atoms with E-state index in [1.807, 2.05) is 30.3 Å². The lowest BCUT2D eigenvalue weighted by atomic mass is 10.0. The molecule has 1 aromatic carbocycles. The van der Waals surface area contributed by atoms with Crippen LogP contribution < -0.4 is 0 Å². The molecule has 0 radical (unpaired) electrons. The highest BCUT2D eigenvalue weighted by Crippen LogP contribution is 2.38. The van der Waals surface area contributed by atoms with Gasteiger partial charge in [-0.25, -0.2) is 0 Å². The van der Waals surface area contributed by atoms with Crippen LogP contribution >= 0.6 is 38.9 Å². The van der Waals surface area contributed by atoms with E-state index in [0.717, 1.165) is 25.7 Å². The topological polar surface area (TPSA) is 33.1 Å². The minimum Gasteiger partial charge on any atom is -0.383 e. The fourth-order valence-corrected chi connectivity index (χ4v) is 3.77. The van der Waals surface area contributed by atoms with Crippen LogP contribution in [-0.4, -0.2) is 10.1 Å². The lowest BCUT2D eigenvalue weighted by Crippen LogP contribution is -1.98. The number of thiophene rings is 1. The lowest BCUT2D eigenvalue weighted by Gasteiger charge is -2.11. The van der Waals surface area contributed by atoms with Gasteiger partial charge >= 0.3 is 0 Å². The average Bonchev–Trinajstić information content (AvgIpc) is 2.77. The Morgan fingerprint density at radius 1 is 1.32 bits per heavy atom. The fraction of sp³-hybridized carbons (Fsp3) is 0.0714. The highest BCUT2D eigenvalue weighted by Gasteiger charge is 2.17. The van der Waals surface area contributed by atoms with Crippen molar-refractivity contribution in [3.05, 3.63) is 62.0 Å². The Kier molecular flexibility index (Phi) is 3.58. The van der Waals surface area contributed by atoms with Gasteiger partial charge < -0.3 is 5.11 Å². The lowest BCUT2D eigenvalue weighted by molar-refractivity contribution is 0.225. The summed E-state index contributed by atoms with van der Waals surface area (Å²) in [5.41, 5.74) is 0.844. The van der Waals surface area contributed by atoms with E-state index in [9.17, 15) is 5.11 Å². The number of rotatable bonds is 2. The van der Waals surface area contributed by atoms with E-state index in [4.69, 9.17) is 11.6 Å². The van der Waals surface area contributed by atoms with E-state index < -0.39 is 6.10 Å². The van der Waals surface area contributed by atoms with Gasteiger partial charge in [-0.1, -0.05) is 29.8 Å². The van der Waals surface area contributed by atoms with Crippen molar-refractivity contribution >= 4 is 49.6 Å². The molecule has 0 spiro atoms. The predicted octanol–water partition coefficient (Wildman–Crippen LogP) is 4.79. The fourth-order valence-electron chi connectivity index (χ4n) is 2.03. The van der Waals surface area contributed by atoms with Gasteiger partial charge in [0.05, 0.1) is 0 Å². The van der Waals surface area contributed by atoms with Gasteiger partial charge in [0.25, 0.3) is 0 Å². The van der Waals surface area contributed by atoms with Gasteiger partial charge in [-0.05, 0) is 39.0 Å². The maximum absolute atomic E-state index is 10.5. The van der Waals surface area contributed by atoms with Gasteiger partial charge in [-0.15, -0.1) is 11.3 Å². The standard InChI is InChI=1S/C14H9BrClNOS/c15-11-6-12(19-14(11)16)13(18)9-3-1-2-8-4-5-17-7-10(8)9/h1-7,13,18H. The molecule has 0 saturated carbocycles. The third-order valence-corrected chi connectivity index (χ3v) is 5.47. The summed E-state index contributed by atoms with van der Waals surface area (Å²) in [6, 6.07) is 9.64. The molecule has 0 aliphatic heterocycles. The molecule has 5 heteroatoms. The monoisotopic (exact) mass is 353 g/mol. The maximum Gasteiger partial charge on any atom is 0.114 e. The molecule has 0 fully saturated rings. The highest BCUT2D eigenvalue weighted by molar-refractivity contribution is 9.10. The molecule has 1 atom stereocenters. The van der Waals surface area contributed by atoms with Gasteiger partial charge in [0.1, 0.15) is 10.4 Å². The summed E-state index contributed by atoms with van der Waals surface area (Å²) in [7, 11) is 0. The van der Waals surface area contributed by atoms with Crippen molar-refractivity contribution in [3.63, 3.8) is 0 Å². The van der Waals surface area contributed by atoms with Gasteiger partial charge in [-0.2, -0.15) is 0 Å². The largest absolute Gasteiger partial charge is 0.383 e. The Morgan fingerprint density at radius 3 is 2.89 bits per heavy atom. The van der Waals surface area contributed by atoms with Crippen molar-refractivity contribution in [1.29, 1.82) is 0 Å². The average molecular weight is 355 g/mol. The molecule has 0 bridgehead atoms. The first-order chi connectivity index (χ1) is 9.16. The zero-order valence-electron chi connectivity index (χ0n) is 9.68. The third kappa shape index (κ3) is 2.41. The van der Waals surface area contributed by atoms with E-state index in [-0.39, 0.29) is 0 Å². The number of aliphatic hydroxyl groups excluding tert-OH is 1. The molecule has 1 unspecified atom stereocenters. The Hall–Kier alpha value is -0.940. The molecule has 3 rings (SSSR count). The molecule has 3 aromatic rings. The Labute approximate surface area is 127 Å². The second-order valence-electron chi connectivity index (χ2n) is 4.12. The first-order valence-corrected chi connectivity index (χ1v) is 7.61. The van der Waals surface area contributed by atoms with Gasteiger partial charge in [-0.3, -0.25) is 4.98 Å². The quantitative estimate of drug-likeness (QED) is 0.717. The zero-order chi connectivity index (χ0) is 13.4. The molecule has 2 nitrogen and oxygen atoms in total. The van der Waals surface area contributed by atoms with Crippen LogP contribution in [0, 0.1) is 0 Å². The molecule has 96 valence electrons. The molecule has 0 amide bonds. The summed E-state index contributed by atoms with van der Waals surface area (Å²) in [5.74, 6) is 0. The number of aliphatic hydroxyl groups is 1. The van der Waals surface area contributed by atoms with Crippen LogP contribution in [0.1, 0.15) is 16.5 Å². The van der Waals surface area contributed by atoms with Crippen molar-refractivity contribution in [1.82, 2.24) is 4.98 Å². The number of benzene rings is 1. The minimum atomic E-state index is -0.693. The van der Waals surface area contributed by atoms with Crippen LogP contribution in [0.5, 0.6) is 0 Å². The normalized spacial score (nSPS) is 12.8. The molecule has 2 aromatic heterocycles. The number of halogens is 2. The first kappa shape index (κ1) is 13.1. The van der Waals surface area contributed by atoms with Crippen LogP contribution in [0.4, 0.5) is 0 Å². The number of hydrogen-bond acceptors (Lipinski definition) is 3. The van der Waals surface area contributed by atoms with E-state index in [2.05, 4.69) is 20.9 Å². The van der Waals surface area contributed by atoms with Gasteiger partial charge in [0.15, 0.2) is 0 Å². The molecule has 2 heterocycles. The van der Waals surface area contributed by atoms with Gasteiger partial charge in [0.2, 0.25) is 0 Å². The Balaban J connectivity index is 2.13. The Bertz CT molecular complexity index is 718. The highest BCUT2D eigenvalue weighted by atomic mass is 79.9. The van der Waals surface area contributed by atoms with Crippen LogP contribution in [0.2, 0.25) is 4.34 Å². The summed E-state index contributed by atoms with van der Waals surface area (Å²) in [4.78, 5) is 4.94. The summed E-state index contributed by atoms with van der Waals surface area (Å²) >= 11 is 10.8. The first-order valence-electron chi connectivity index (χ1n) is 5.62. The molecule has 0 aliphatic rings. The van der Waals surface area contributed by atoms with E-state index in [0.29, 0.717) is 4.34 Å². The number of hydrogen-bond donors (Lipinski definition) is 1. The number of pyridine rings is 1. The number of nitrogens with zero attached hydrogens (tertiary/aromatic N) is 1. The van der Waals surface area contributed by atoms with Gasteiger partial charge in [0, 0.05) is 27.1 Å². The summed E-state index contributed by atoms with van der Waals surface area (Å²) in [5, 5.41) is 12.6. The Morgan fingerprint density at radius 2 is 2.16 bits per heavy atom. The molecule has 0 aliphatic carbocycles. The molecule has 19 heavy (non-hydrogen) atoms. The smallest absolute Gasteiger partial charge is 0.114 e. The second kappa shape index (κ2) is 5.21. The van der Waals surface area contributed by atoms with E-state index >= 15 is 0 Å². The molecule has 1 N–H and O–H groups in total. The van der Waals surface area contributed by atoms with Crippen LogP contribution in [-0.2, 0) is 0 Å². The summed E-state index contributed by atoms with van der Waals surface area (Å²) in [6.45, 7) is 0. The zero-order valence-corrected chi connectivity index (χ0v) is 12.8. The minimum absolute atomic E-state index is 0.646.